The van der Waals surface area contributed by atoms with Crippen molar-refractivity contribution in [3.63, 3.8) is 0 Å². The Morgan fingerprint density at radius 1 is 1.05 bits per heavy atom. The summed E-state index contributed by atoms with van der Waals surface area (Å²) in [5.74, 6) is 0.263. The van der Waals surface area contributed by atoms with Gasteiger partial charge in [-0.2, -0.15) is 0 Å². The standard InChI is InChI=1S/C19H30N2O/c1-3-20(18-13-9-6-10-14-18)16-19(22)21(4-2)15-17-11-7-5-8-12-17/h5,7-8,11-12,18H,3-4,6,9-10,13-16H2,1-2H3. The molecule has 2 rings (SSSR count). The number of rotatable bonds is 7. The van der Waals surface area contributed by atoms with E-state index >= 15 is 0 Å². The molecule has 1 fully saturated rings. The fraction of sp³-hybridized carbons (Fsp3) is 0.632. The van der Waals surface area contributed by atoms with E-state index in [2.05, 4.69) is 30.9 Å². The zero-order valence-corrected chi connectivity index (χ0v) is 14.1. The Morgan fingerprint density at radius 2 is 1.73 bits per heavy atom. The molecular formula is C19H30N2O. The van der Waals surface area contributed by atoms with Crippen LogP contribution in [-0.2, 0) is 11.3 Å². The van der Waals surface area contributed by atoms with E-state index in [1.54, 1.807) is 0 Å². The number of hydrogen-bond acceptors (Lipinski definition) is 2. The molecular weight excluding hydrogens is 272 g/mol. The fourth-order valence-corrected chi connectivity index (χ4v) is 3.40. The third kappa shape index (κ3) is 4.84. The summed E-state index contributed by atoms with van der Waals surface area (Å²) >= 11 is 0. The highest BCUT2D eigenvalue weighted by atomic mass is 16.2. The molecule has 0 atom stereocenters. The average molecular weight is 302 g/mol. The second-order valence-electron chi connectivity index (χ2n) is 6.25. The zero-order valence-electron chi connectivity index (χ0n) is 14.1. The first-order chi connectivity index (χ1) is 10.7. The molecule has 0 N–H and O–H groups in total. The van der Waals surface area contributed by atoms with Crippen LogP contribution in [-0.4, -0.2) is 41.4 Å². The Morgan fingerprint density at radius 3 is 2.32 bits per heavy atom. The molecule has 1 aliphatic rings. The van der Waals surface area contributed by atoms with Crippen LogP contribution in [0.2, 0.25) is 0 Å². The van der Waals surface area contributed by atoms with Crippen LogP contribution in [0.25, 0.3) is 0 Å². The predicted octanol–water partition coefficient (Wildman–Crippen LogP) is 3.69. The molecule has 0 bridgehead atoms. The van der Waals surface area contributed by atoms with Gasteiger partial charge in [0.1, 0.15) is 0 Å². The van der Waals surface area contributed by atoms with E-state index in [1.807, 2.05) is 23.1 Å². The van der Waals surface area contributed by atoms with E-state index in [-0.39, 0.29) is 5.91 Å². The lowest BCUT2D eigenvalue weighted by molar-refractivity contribution is -0.133. The predicted molar refractivity (Wildman–Crippen MR) is 91.7 cm³/mol. The molecule has 0 saturated heterocycles. The number of amides is 1. The van der Waals surface area contributed by atoms with Crippen molar-refractivity contribution >= 4 is 5.91 Å². The van der Waals surface area contributed by atoms with Gasteiger partial charge < -0.3 is 4.90 Å². The summed E-state index contributed by atoms with van der Waals surface area (Å²) in [5, 5.41) is 0. The molecule has 0 aromatic heterocycles. The zero-order chi connectivity index (χ0) is 15.8. The highest BCUT2D eigenvalue weighted by Gasteiger charge is 2.23. The second-order valence-corrected chi connectivity index (χ2v) is 6.25. The summed E-state index contributed by atoms with van der Waals surface area (Å²) in [6.07, 6.45) is 6.50. The van der Waals surface area contributed by atoms with Crippen molar-refractivity contribution in [1.82, 2.24) is 9.80 Å². The number of likely N-dealkylation sites (N-methyl/N-ethyl adjacent to an activating group) is 2. The maximum absolute atomic E-state index is 12.7. The normalized spacial score (nSPS) is 16.0. The summed E-state index contributed by atoms with van der Waals surface area (Å²) in [6, 6.07) is 10.9. The van der Waals surface area contributed by atoms with Crippen molar-refractivity contribution in [1.29, 1.82) is 0 Å². The van der Waals surface area contributed by atoms with Gasteiger partial charge in [0.2, 0.25) is 5.91 Å². The van der Waals surface area contributed by atoms with E-state index in [4.69, 9.17) is 0 Å². The van der Waals surface area contributed by atoms with Gasteiger partial charge in [-0.3, -0.25) is 9.69 Å². The first-order valence-corrected chi connectivity index (χ1v) is 8.80. The Labute approximate surface area is 135 Å². The molecule has 1 aliphatic carbocycles. The maximum Gasteiger partial charge on any atom is 0.237 e. The lowest BCUT2D eigenvalue weighted by Crippen LogP contribution is -2.45. The monoisotopic (exact) mass is 302 g/mol. The first kappa shape index (κ1) is 17.0. The van der Waals surface area contributed by atoms with Crippen LogP contribution in [0.5, 0.6) is 0 Å². The van der Waals surface area contributed by atoms with E-state index in [0.29, 0.717) is 12.6 Å². The van der Waals surface area contributed by atoms with Crippen molar-refractivity contribution < 1.29 is 4.79 Å². The molecule has 22 heavy (non-hydrogen) atoms. The molecule has 1 saturated carbocycles. The van der Waals surface area contributed by atoms with Gasteiger partial charge >= 0.3 is 0 Å². The van der Waals surface area contributed by atoms with Crippen molar-refractivity contribution in [3.8, 4) is 0 Å². The Bertz CT molecular complexity index is 440. The summed E-state index contributed by atoms with van der Waals surface area (Å²) in [5.41, 5.74) is 1.21. The Kier molecular flexibility index (Phi) is 6.91. The summed E-state index contributed by atoms with van der Waals surface area (Å²) in [7, 11) is 0. The third-order valence-electron chi connectivity index (χ3n) is 4.79. The van der Waals surface area contributed by atoms with Crippen molar-refractivity contribution in [2.24, 2.45) is 0 Å². The number of benzene rings is 1. The second kappa shape index (κ2) is 8.94. The Hall–Kier alpha value is -1.35. The van der Waals surface area contributed by atoms with Crippen LogP contribution in [0, 0.1) is 0 Å². The van der Waals surface area contributed by atoms with Gasteiger partial charge in [-0.25, -0.2) is 0 Å². The first-order valence-electron chi connectivity index (χ1n) is 8.80. The topological polar surface area (TPSA) is 23.6 Å². The van der Waals surface area contributed by atoms with Crippen LogP contribution in [0.15, 0.2) is 30.3 Å². The van der Waals surface area contributed by atoms with Crippen LogP contribution in [0.1, 0.15) is 51.5 Å². The third-order valence-corrected chi connectivity index (χ3v) is 4.79. The Balaban J connectivity index is 1.92. The van der Waals surface area contributed by atoms with E-state index < -0.39 is 0 Å². The van der Waals surface area contributed by atoms with Gasteiger partial charge in [0.15, 0.2) is 0 Å². The van der Waals surface area contributed by atoms with Gasteiger partial charge in [0.25, 0.3) is 0 Å². The van der Waals surface area contributed by atoms with Gasteiger partial charge in [-0.1, -0.05) is 56.5 Å². The fourth-order valence-electron chi connectivity index (χ4n) is 3.40. The van der Waals surface area contributed by atoms with Crippen LogP contribution < -0.4 is 0 Å². The smallest absolute Gasteiger partial charge is 0.237 e. The highest BCUT2D eigenvalue weighted by molar-refractivity contribution is 5.78. The highest BCUT2D eigenvalue weighted by Crippen LogP contribution is 2.22. The molecule has 1 aromatic rings. The molecule has 0 spiro atoms. The van der Waals surface area contributed by atoms with E-state index in [0.717, 1.165) is 19.6 Å². The molecule has 0 unspecified atom stereocenters. The van der Waals surface area contributed by atoms with Gasteiger partial charge in [0, 0.05) is 19.1 Å². The van der Waals surface area contributed by atoms with E-state index in [1.165, 1.54) is 37.7 Å². The molecule has 3 nitrogen and oxygen atoms in total. The average Bonchev–Trinajstić information content (AvgIpc) is 2.59. The summed E-state index contributed by atoms with van der Waals surface area (Å²) in [4.78, 5) is 17.0. The minimum absolute atomic E-state index is 0.263. The molecule has 122 valence electrons. The lowest BCUT2D eigenvalue weighted by atomic mass is 9.94. The maximum atomic E-state index is 12.7. The van der Waals surface area contributed by atoms with E-state index in [9.17, 15) is 4.79 Å². The van der Waals surface area contributed by atoms with Crippen LogP contribution in [0.3, 0.4) is 0 Å². The van der Waals surface area contributed by atoms with Gasteiger partial charge in [-0.15, -0.1) is 0 Å². The number of carbonyl (C=O) groups is 1. The lowest BCUT2D eigenvalue weighted by Gasteiger charge is -2.34. The minimum Gasteiger partial charge on any atom is -0.338 e. The van der Waals surface area contributed by atoms with Crippen LogP contribution >= 0.6 is 0 Å². The quantitative estimate of drug-likeness (QED) is 0.767. The number of hydrogen-bond donors (Lipinski definition) is 0. The molecule has 1 aromatic carbocycles. The summed E-state index contributed by atoms with van der Waals surface area (Å²) in [6.45, 7) is 7.28. The largest absolute Gasteiger partial charge is 0.338 e. The van der Waals surface area contributed by atoms with Crippen LogP contribution in [0.4, 0.5) is 0 Å². The van der Waals surface area contributed by atoms with Crippen molar-refractivity contribution in [3.05, 3.63) is 35.9 Å². The van der Waals surface area contributed by atoms with Gasteiger partial charge in [-0.05, 0) is 31.9 Å². The SMILES string of the molecule is CCN(Cc1ccccc1)C(=O)CN(CC)C1CCCCC1. The minimum atomic E-state index is 0.263. The number of carbonyl (C=O) groups excluding carboxylic acids is 1. The van der Waals surface area contributed by atoms with Crippen molar-refractivity contribution in [2.45, 2.75) is 58.5 Å². The molecule has 3 heteroatoms. The number of nitrogens with zero attached hydrogens (tertiary/aromatic N) is 2. The van der Waals surface area contributed by atoms with Gasteiger partial charge in [0.05, 0.1) is 6.54 Å². The summed E-state index contributed by atoms with van der Waals surface area (Å²) < 4.78 is 0. The molecule has 0 aliphatic heterocycles. The molecule has 0 heterocycles. The van der Waals surface area contributed by atoms with Crippen molar-refractivity contribution in [2.75, 3.05) is 19.6 Å². The molecule has 1 amide bonds. The molecule has 0 radical (unpaired) electrons.